The minimum atomic E-state index is -1.93. The van der Waals surface area contributed by atoms with Gasteiger partial charge in [0, 0.05) is 61.0 Å². The number of aromatic hydroxyl groups is 3. The van der Waals surface area contributed by atoms with Crippen LogP contribution in [0.5, 0.6) is 23.3 Å². The maximum atomic E-state index is 14.0. The zero-order chi connectivity index (χ0) is 47.1. The van der Waals surface area contributed by atoms with Gasteiger partial charge in [-0.05, 0) is 97.3 Å². The molecule has 0 bridgehead atoms. The molecule has 0 spiro atoms. The number of aliphatic hydroxyl groups is 1. The van der Waals surface area contributed by atoms with Gasteiger partial charge in [0.25, 0.3) is 5.56 Å². The second-order valence-electron chi connectivity index (χ2n) is 17.8. The van der Waals surface area contributed by atoms with Crippen LogP contribution in [0.1, 0.15) is 80.7 Å². The van der Waals surface area contributed by atoms with Crippen molar-refractivity contribution in [2.24, 2.45) is 0 Å². The van der Waals surface area contributed by atoms with Crippen molar-refractivity contribution in [3.63, 3.8) is 0 Å². The van der Waals surface area contributed by atoms with Crippen molar-refractivity contribution in [2.45, 2.75) is 84.1 Å². The number of aromatic nitrogens is 5. The molecule has 2 amide bonds. The van der Waals surface area contributed by atoms with Crippen molar-refractivity contribution in [2.75, 3.05) is 37.6 Å². The Labute approximate surface area is 384 Å². The van der Waals surface area contributed by atoms with E-state index in [1.54, 1.807) is 46.7 Å². The molecule has 4 aliphatic heterocycles. The molecule has 1 unspecified atom stereocenters. The van der Waals surface area contributed by atoms with Crippen LogP contribution in [-0.4, -0.2) is 111 Å². The van der Waals surface area contributed by atoms with E-state index in [1.807, 2.05) is 45.0 Å². The Morgan fingerprint density at radius 3 is 2.36 bits per heavy atom. The fourth-order valence-electron chi connectivity index (χ4n) is 10.1. The van der Waals surface area contributed by atoms with Crippen molar-refractivity contribution in [3.05, 3.63) is 98.8 Å². The van der Waals surface area contributed by atoms with Crippen molar-refractivity contribution in [3.8, 4) is 51.7 Å². The highest BCUT2D eigenvalue weighted by Crippen LogP contribution is 2.42. The van der Waals surface area contributed by atoms with E-state index >= 15 is 0 Å². The third-order valence-corrected chi connectivity index (χ3v) is 13.8. The van der Waals surface area contributed by atoms with Crippen LogP contribution in [0.25, 0.3) is 39.4 Å². The maximum absolute atomic E-state index is 14.0. The molecular weight excluding hydrogens is 861 g/mol. The average Bonchev–Trinajstić information content (AvgIpc) is 4.07. The molecule has 7 heterocycles. The van der Waals surface area contributed by atoms with Gasteiger partial charge in [0.1, 0.15) is 29.9 Å². The lowest BCUT2D eigenvalue weighted by Crippen LogP contribution is -2.54. The molecule has 3 aromatic carbocycles. The number of pyridine rings is 2. The van der Waals surface area contributed by atoms with E-state index in [9.17, 15) is 39.6 Å². The summed E-state index contributed by atoms with van der Waals surface area (Å²) in [6, 6.07) is 16.2. The number of likely N-dealkylation sites (tertiary alicyclic amines) is 1. The Hall–Kier alpha value is -7.47. The van der Waals surface area contributed by atoms with Gasteiger partial charge in [-0.25, -0.2) is 19.1 Å². The molecule has 4 aliphatic rings. The summed E-state index contributed by atoms with van der Waals surface area (Å²) in [5.41, 5.74) is 4.12. The molecule has 18 nitrogen and oxygen atoms in total. The molecule has 2 saturated heterocycles. The molecule has 2 fully saturated rings. The molecule has 4 N–H and O–H groups in total. The third kappa shape index (κ3) is 7.08. The number of nitrogens with zero attached hydrogens (tertiary/aromatic N) is 8. The Bertz CT molecular complexity index is 3080. The summed E-state index contributed by atoms with van der Waals surface area (Å²) in [4.78, 5) is 64.7. The lowest BCUT2D eigenvalue weighted by atomic mass is 9.86. The molecule has 67 heavy (non-hydrogen) atoms. The SMILES string of the molecule is CCc1c2c(nc3ccc(OC(=O)N4CCCC4C(=O)N4CCN(c5ccc(-n6c(O)nnc6-c6cc(C(C)C)c(O)cc6O)cc5)CC4)cc13)-c1cc3c(c(=O)n1C2)COC(=O)[C@]3(O)CC. The number of anilines is 1. The smallest absolute Gasteiger partial charge is 0.415 e. The molecule has 0 radical (unpaired) electrons. The van der Waals surface area contributed by atoms with E-state index in [0.717, 1.165) is 22.2 Å². The van der Waals surface area contributed by atoms with Crippen LogP contribution in [0.15, 0.2) is 65.5 Å². The maximum Gasteiger partial charge on any atom is 0.415 e. The number of amides is 2. The van der Waals surface area contributed by atoms with Crippen LogP contribution in [0.4, 0.5) is 10.5 Å². The van der Waals surface area contributed by atoms with Crippen LogP contribution in [0.3, 0.4) is 0 Å². The number of fused-ring (bicyclic) bond motifs is 5. The van der Waals surface area contributed by atoms with Crippen LogP contribution in [0.2, 0.25) is 0 Å². The second-order valence-corrected chi connectivity index (χ2v) is 17.8. The summed E-state index contributed by atoms with van der Waals surface area (Å²) in [5.74, 6) is -0.672. The number of hydrogen-bond acceptors (Lipinski definition) is 14. The van der Waals surface area contributed by atoms with Gasteiger partial charge in [0.05, 0.1) is 40.3 Å². The molecule has 2 atom stereocenters. The molecule has 346 valence electrons. The van der Waals surface area contributed by atoms with Crippen LogP contribution in [-0.2, 0) is 39.5 Å². The number of aryl methyl sites for hydroxylation is 1. The number of phenolic OH excluding ortho intramolecular Hbond substituents is 2. The zero-order valence-corrected chi connectivity index (χ0v) is 37.5. The highest BCUT2D eigenvalue weighted by Gasteiger charge is 2.46. The summed E-state index contributed by atoms with van der Waals surface area (Å²) in [6.07, 6.45) is 1.18. The number of carbonyl (C=O) groups excluding carboxylic acids is 3. The predicted octanol–water partition coefficient (Wildman–Crippen LogP) is 5.44. The van der Waals surface area contributed by atoms with Gasteiger partial charge in [-0.15, -0.1) is 5.10 Å². The zero-order valence-electron chi connectivity index (χ0n) is 37.5. The Morgan fingerprint density at radius 2 is 1.64 bits per heavy atom. The van der Waals surface area contributed by atoms with Gasteiger partial charge in [-0.2, -0.15) is 0 Å². The van der Waals surface area contributed by atoms with E-state index < -0.39 is 23.7 Å². The molecule has 3 aromatic heterocycles. The molecule has 10 rings (SSSR count). The first-order chi connectivity index (χ1) is 32.2. The van der Waals surface area contributed by atoms with Crippen LogP contribution in [0, 0.1) is 0 Å². The van der Waals surface area contributed by atoms with Gasteiger partial charge in [-0.1, -0.05) is 32.8 Å². The monoisotopic (exact) mass is 910 g/mol. The number of ether oxygens (including phenoxy) is 2. The van der Waals surface area contributed by atoms with E-state index in [-0.39, 0.29) is 71.4 Å². The minimum absolute atomic E-state index is 0.0329. The van der Waals surface area contributed by atoms with Gasteiger partial charge in [0.15, 0.2) is 11.4 Å². The van der Waals surface area contributed by atoms with Gasteiger partial charge in [0.2, 0.25) is 5.91 Å². The lowest BCUT2D eigenvalue weighted by Gasteiger charge is -2.38. The Balaban J connectivity index is 0.810. The minimum Gasteiger partial charge on any atom is -0.508 e. The van der Waals surface area contributed by atoms with Crippen molar-refractivity contribution >= 4 is 34.6 Å². The summed E-state index contributed by atoms with van der Waals surface area (Å²) in [6.45, 7) is 9.90. The van der Waals surface area contributed by atoms with Crippen molar-refractivity contribution in [1.82, 2.24) is 34.1 Å². The quantitative estimate of drug-likeness (QED) is 0.139. The van der Waals surface area contributed by atoms with Crippen molar-refractivity contribution in [1.29, 1.82) is 0 Å². The Kier molecular flexibility index (Phi) is 10.7. The topological polar surface area (TPSA) is 226 Å². The number of phenols is 2. The summed E-state index contributed by atoms with van der Waals surface area (Å²) >= 11 is 0. The Morgan fingerprint density at radius 1 is 0.896 bits per heavy atom. The fraction of sp³-hybridized carbons (Fsp3) is 0.367. The summed E-state index contributed by atoms with van der Waals surface area (Å²) in [5, 5.41) is 51.8. The number of rotatable bonds is 8. The third-order valence-electron chi connectivity index (χ3n) is 13.8. The summed E-state index contributed by atoms with van der Waals surface area (Å²) in [7, 11) is 0. The normalized spacial score (nSPS) is 18.9. The number of benzene rings is 3. The second kappa shape index (κ2) is 16.4. The van der Waals surface area contributed by atoms with Crippen LogP contribution < -0.4 is 15.2 Å². The average molecular weight is 911 g/mol. The first-order valence-electron chi connectivity index (χ1n) is 22.7. The standard InChI is InChI=1S/C49H50N8O10/c1-5-30-32-20-29(13-14-37(32)50-42-34(30)24-56-39(42)22-36-35(44(56)60)25-66-46(62)49(36,65)6-2)67-48(64)55-15-7-8-38(55)45(61)54-18-16-53(17-19-54)27-9-11-28(12-10-27)57-43(51-52-47(57)63)33-21-31(26(3)4)40(58)23-41(33)59/h9-14,20-23,26,38,58-59,65H,5-8,15-19,24-25H2,1-4H3,(H,52,63)/t38?,49-/m0/s1. The lowest BCUT2D eigenvalue weighted by molar-refractivity contribution is -0.172. The molecular formula is C49H50N8O10. The molecule has 0 saturated carbocycles. The summed E-state index contributed by atoms with van der Waals surface area (Å²) < 4.78 is 14.2. The van der Waals surface area contributed by atoms with Crippen LogP contribution >= 0.6 is 0 Å². The van der Waals surface area contributed by atoms with E-state index in [0.29, 0.717) is 91.5 Å². The van der Waals surface area contributed by atoms with Gasteiger partial charge < -0.3 is 44.3 Å². The van der Waals surface area contributed by atoms with E-state index in [2.05, 4.69) is 15.1 Å². The predicted molar refractivity (Wildman–Crippen MR) is 244 cm³/mol. The molecule has 18 heteroatoms. The van der Waals surface area contributed by atoms with Gasteiger partial charge in [-0.3, -0.25) is 14.5 Å². The van der Waals surface area contributed by atoms with Crippen molar-refractivity contribution < 1.29 is 44.3 Å². The molecule has 6 aromatic rings. The van der Waals surface area contributed by atoms with E-state index in [1.165, 1.54) is 15.5 Å². The highest BCUT2D eigenvalue weighted by molar-refractivity contribution is 5.91. The fourth-order valence-corrected chi connectivity index (χ4v) is 10.1. The number of piperazine rings is 1. The first kappa shape index (κ1) is 43.4. The van der Waals surface area contributed by atoms with E-state index in [4.69, 9.17) is 14.5 Å². The number of carbonyl (C=O) groups is 3. The number of hydrogen-bond donors (Lipinski definition) is 4. The number of cyclic esters (lactones) is 1. The highest BCUT2D eigenvalue weighted by atomic mass is 16.6. The molecule has 0 aliphatic carbocycles. The number of esters is 1. The first-order valence-corrected chi connectivity index (χ1v) is 22.7. The van der Waals surface area contributed by atoms with Gasteiger partial charge >= 0.3 is 18.1 Å². The largest absolute Gasteiger partial charge is 0.508 e.